The summed E-state index contributed by atoms with van der Waals surface area (Å²) in [4.78, 5) is 0.341. The quantitative estimate of drug-likeness (QED) is 0.438. The van der Waals surface area contributed by atoms with Crippen molar-refractivity contribution in [3.63, 3.8) is 0 Å². The molecule has 0 spiro atoms. The van der Waals surface area contributed by atoms with E-state index in [-0.39, 0.29) is 0 Å². The summed E-state index contributed by atoms with van der Waals surface area (Å²) in [6.45, 7) is 9.81. The van der Waals surface area contributed by atoms with E-state index in [2.05, 4.69) is 18.9 Å². The molecule has 166 valence electrons. The van der Waals surface area contributed by atoms with Crippen molar-refractivity contribution < 1.29 is 8.42 Å². The van der Waals surface area contributed by atoms with Crippen molar-refractivity contribution in [2.24, 2.45) is 0 Å². The zero-order valence-corrected chi connectivity index (χ0v) is 19.8. The first-order valence-corrected chi connectivity index (χ1v) is 12.5. The van der Waals surface area contributed by atoms with E-state index in [9.17, 15) is 8.42 Å². The SMILES string of the molecule is CC[C@H](C)c1ccc(S(=O)(=O)N(CCc2ccccc2)Cc2cnn(CC)c2C)cc1. The Kier molecular flexibility index (Phi) is 7.68. The number of rotatable bonds is 10. The summed E-state index contributed by atoms with van der Waals surface area (Å²) in [6.07, 6.45) is 3.47. The van der Waals surface area contributed by atoms with E-state index in [0.29, 0.717) is 30.3 Å². The monoisotopic (exact) mass is 439 g/mol. The first-order chi connectivity index (χ1) is 14.9. The Hall–Kier alpha value is -2.44. The minimum atomic E-state index is -3.64. The van der Waals surface area contributed by atoms with Crippen LogP contribution in [0.4, 0.5) is 0 Å². The predicted molar refractivity (Wildman–Crippen MR) is 126 cm³/mol. The average Bonchev–Trinajstić information content (AvgIpc) is 3.15. The van der Waals surface area contributed by atoms with Crippen LogP contribution in [-0.2, 0) is 29.5 Å². The molecule has 1 atom stereocenters. The summed E-state index contributed by atoms with van der Waals surface area (Å²) in [5, 5.41) is 4.40. The fourth-order valence-corrected chi connectivity index (χ4v) is 5.10. The molecule has 1 heterocycles. The lowest BCUT2D eigenvalue weighted by atomic mass is 9.99. The van der Waals surface area contributed by atoms with E-state index >= 15 is 0 Å². The van der Waals surface area contributed by atoms with Gasteiger partial charge in [-0.3, -0.25) is 4.68 Å². The highest BCUT2D eigenvalue weighted by molar-refractivity contribution is 7.89. The van der Waals surface area contributed by atoms with Gasteiger partial charge in [0.25, 0.3) is 0 Å². The lowest BCUT2D eigenvalue weighted by Crippen LogP contribution is -2.32. The molecule has 0 fully saturated rings. The molecule has 3 aromatic rings. The van der Waals surface area contributed by atoms with Crippen LogP contribution in [0.2, 0.25) is 0 Å². The third-order valence-electron chi connectivity index (χ3n) is 6.04. The van der Waals surface area contributed by atoms with Gasteiger partial charge in [0.15, 0.2) is 0 Å². The standard InChI is InChI=1S/C25H33N3O2S/c1-5-20(3)23-12-14-25(15-13-23)31(29,30)27(17-16-22-10-8-7-9-11-22)19-24-18-26-28(6-2)21(24)4/h7-15,18,20H,5-6,16-17,19H2,1-4H3/t20-/m0/s1. The summed E-state index contributed by atoms with van der Waals surface area (Å²) in [7, 11) is -3.64. The van der Waals surface area contributed by atoms with Crippen LogP contribution in [0.25, 0.3) is 0 Å². The zero-order valence-electron chi connectivity index (χ0n) is 19.0. The second-order valence-corrected chi connectivity index (χ2v) is 9.96. The van der Waals surface area contributed by atoms with Crippen LogP contribution in [0.5, 0.6) is 0 Å². The van der Waals surface area contributed by atoms with Gasteiger partial charge in [0, 0.05) is 30.9 Å². The molecule has 3 rings (SSSR count). The molecule has 0 radical (unpaired) electrons. The van der Waals surface area contributed by atoms with Crippen molar-refractivity contribution in [1.29, 1.82) is 0 Å². The first-order valence-electron chi connectivity index (χ1n) is 11.0. The average molecular weight is 440 g/mol. The minimum Gasteiger partial charge on any atom is -0.270 e. The van der Waals surface area contributed by atoms with Crippen molar-refractivity contribution in [2.75, 3.05) is 6.54 Å². The molecule has 2 aromatic carbocycles. The lowest BCUT2D eigenvalue weighted by molar-refractivity contribution is 0.408. The van der Waals surface area contributed by atoms with Crippen molar-refractivity contribution in [3.05, 3.63) is 83.2 Å². The maximum Gasteiger partial charge on any atom is 0.243 e. The summed E-state index contributed by atoms with van der Waals surface area (Å²) in [6, 6.07) is 17.4. The Labute approximate surface area is 186 Å². The van der Waals surface area contributed by atoms with Crippen molar-refractivity contribution in [2.45, 2.75) is 64.4 Å². The lowest BCUT2D eigenvalue weighted by Gasteiger charge is -2.23. The number of sulfonamides is 1. The van der Waals surface area contributed by atoms with Crippen molar-refractivity contribution in [1.82, 2.24) is 14.1 Å². The Morgan fingerprint density at radius 2 is 1.71 bits per heavy atom. The van der Waals surface area contributed by atoms with E-state index in [0.717, 1.165) is 35.3 Å². The fourth-order valence-electron chi connectivity index (χ4n) is 3.69. The summed E-state index contributed by atoms with van der Waals surface area (Å²) >= 11 is 0. The normalized spacial score (nSPS) is 12.9. The molecule has 0 aliphatic carbocycles. The van der Waals surface area contributed by atoms with Gasteiger partial charge in [-0.05, 0) is 55.9 Å². The smallest absolute Gasteiger partial charge is 0.243 e. The molecule has 0 bridgehead atoms. The molecule has 0 amide bonds. The first kappa shape index (κ1) is 23.2. The van der Waals surface area contributed by atoms with Crippen LogP contribution in [0.3, 0.4) is 0 Å². The Morgan fingerprint density at radius 1 is 1.03 bits per heavy atom. The van der Waals surface area contributed by atoms with Crippen LogP contribution in [0, 0.1) is 6.92 Å². The van der Waals surface area contributed by atoms with E-state index in [4.69, 9.17) is 0 Å². The second-order valence-electron chi connectivity index (χ2n) is 8.02. The number of hydrogen-bond acceptors (Lipinski definition) is 3. The number of aryl methyl sites for hydroxylation is 1. The van der Waals surface area contributed by atoms with Gasteiger partial charge < -0.3 is 0 Å². The van der Waals surface area contributed by atoms with Gasteiger partial charge in [-0.25, -0.2) is 8.42 Å². The predicted octanol–water partition coefficient (Wildman–Crippen LogP) is 5.16. The molecule has 0 aliphatic heterocycles. The van der Waals surface area contributed by atoms with Crippen LogP contribution < -0.4 is 0 Å². The van der Waals surface area contributed by atoms with Gasteiger partial charge in [-0.15, -0.1) is 0 Å². The molecule has 31 heavy (non-hydrogen) atoms. The zero-order chi connectivity index (χ0) is 22.4. The van der Waals surface area contributed by atoms with Crippen molar-refractivity contribution in [3.8, 4) is 0 Å². The van der Waals surface area contributed by atoms with Crippen molar-refractivity contribution >= 4 is 10.0 Å². The Morgan fingerprint density at radius 3 is 2.29 bits per heavy atom. The second kappa shape index (κ2) is 10.2. The maximum absolute atomic E-state index is 13.6. The molecule has 0 aliphatic rings. The Balaban J connectivity index is 1.90. The molecule has 6 heteroatoms. The van der Waals surface area contributed by atoms with Crippen LogP contribution in [0.1, 0.15) is 55.5 Å². The molecule has 0 saturated heterocycles. The van der Waals surface area contributed by atoms with Gasteiger partial charge in [-0.2, -0.15) is 9.40 Å². The molecule has 1 aromatic heterocycles. The molecule has 0 unspecified atom stereocenters. The van der Waals surface area contributed by atoms with Gasteiger partial charge in [0.1, 0.15) is 0 Å². The number of hydrogen-bond donors (Lipinski definition) is 0. The van der Waals surface area contributed by atoms with Gasteiger partial charge >= 0.3 is 0 Å². The highest BCUT2D eigenvalue weighted by atomic mass is 32.2. The summed E-state index contributed by atoms with van der Waals surface area (Å²) in [5.41, 5.74) is 4.23. The largest absolute Gasteiger partial charge is 0.270 e. The minimum absolute atomic E-state index is 0.314. The van der Waals surface area contributed by atoms with Crippen LogP contribution in [-0.4, -0.2) is 29.0 Å². The molecule has 0 saturated carbocycles. The maximum atomic E-state index is 13.6. The third kappa shape index (κ3) is 5.43. The van der Waals surface area contributed by atoms with Crippen LogP contribution in [0.15, 0.2) is 65.7 Å². The summed E-state index contributed by atoms with van der Waals surface area (Å²) < 4.78 is 30.7. The van der Waals surface area contributed by atoms with Crippen LogP contribution >= 0.6 is 0 Å². The molecule has 0 N–H and O–H groups in total. The molecular formula is C25H33N3O2S. The van der Waals surface area contributed by atoms with Gasteiger partial charge in [0.05, 0.1) is 11.1 Å². The molecule has 5 nitrogen and oxygen atoms in total. The topological polar surface area (TPSA) is 55.2 Å². The Bertz CT molecular complexity index is 1070. The summed E-state index contributed by atoms with van der Waals surface area (Å²) in [5.74, 6) is 0.411. The fraction of sp³-hybridized carbons (Fsp3) is 0.400. The van der Waals surface area contributed by atoms with E-state index < -0.39 is 10.0 Å². The van der Waals surface area contributed by atoms with E-state index in [1.165, 1.54) is 0 Å². The molecular weight excluding hydrogens is 406 g/mol. The highest BCUT2D eigenvalue weighted by Crippen LogP contribution is 2.24. The van der Waals surface area contributed by atoms with Gasteiger partial charge in [0.2, 0.25) is 10.0 Å². The number of aromatic nitrogens is 2. The van der Waals surface area contributed by atoms with E-state index in [1.807, 2.05) is 61.0 Å². The number of benzene rings is 2. The van der Waals surface area contributed by atoms with Gasteiger partial charge in [-0.1, -0.05) is 56.3 Å². The highest BCUT2D eigenvalue weighted by Gasteiger charge is 2.26. The number of nitrogens with zero attached hydrogens (tertiary/aromatic N) is 3. The van der Waals surface area contributed by atoms with E-state index in [1.54, 1.807) is 22.6 Å². The third-order valence-corrected chi connectivity index (χ3v) is 7.90.